The molecule has 3 heterocycles. The lowest BCUT2D eigenvalue weighted by molar-refractivity contribution is -0.137. The van der Waals surface area contributed by atoms with Crippen LogP contribution in [0.4, 0.5) is 5.82 Å². The number of aliphatic hydroxyl groups is 2. The second kappa shape index (κ2) is 29.0. The minimum Gasteiger partial charge on any atom is -0.386 e. The van der Waals surface area contributed by atoms with Crippen LogP contribution in [-0.2, 0) is 50.7 Å². The normalized spacial score (nSPS) is 20.6. The van der Waals surface area contributed by atoms with Crippen LogP contribution in [0.15, 0.2) is 24.8 Å². The zero-order valence-corrected chi connectivity index (χ0v) is 42.5. The fourth-order valence-electron chi connectivity index (χ4n) is 6.93. The Bertz CT molecular complexity index is 2080. The van der Waals surface area contributed by atoms with Crippen LogP contribution in [0, 0.1) is 11.3 Å². The number of nitrogens with one attached hydrogen (secondary N) is 2. The van der Waals surface area contributed by atoms with Gasteiger partial charge in [0.25, 0.3) is 0 Å². The third-order valence-corrected chi connectivity index (χ3v) is 14.8. The molecule has 0 aromatic carbocycles. The molecule has 3 rings (SSSR count). The molecule has 1 aliphatic heterocycles. The third-order valence-electron chi connectivity index (χ3n) is 10.8. The van der Waals surface area contributed by atoms with Crippen molar-refractivity contribution in [2.24, 2.45) is 11.3 Å². The number of anilines is 1. The molecule has 1 saturated heterocycles. The molecule has 1 fully saturated rings. The number of carbonyl (C=O) groups is 3. The number of ether oxygens (including phenoxy) is 1. The number of rotatable bonds is 34. The second-order valence-corrected chi connectivity index (χ2v) is 22.6. The van der Waals surface area contributed by atoms with Crippen molar-refractivity contribution in [3.63, 3.8) is 0 Å². The van der Waals surface area contributed by atoms with E-state index in [9.17, 15) is 57.9 Å². The minimum absolute atomic E-state index is 0.0329. The molecule has 0 bridgehead atoms. The summed E-state index contributed by atoms with van der Waals surface area (Å²) >= 11 is 1.15. The zero-order chi connectivity index (χ0) is 50.5. The average Bonchev–Trinajstić information content (AvgIpc) is 3.82. The van der Waals surface area contributed by atoms with Crippen LogP contribution in [0.3, 0.4) is 0 Å². The Kier molecular flexibility index (Phi) is 25.4. The van der Waals surface area contributed by atoms with Gasteiger partial charge in [-0.15, -0.1) is 0 Å². The van der Waals surface area contributed by atoms with Crippen LogP contribution < -0.4 is 16.4 Å². The molecule has 3 unspecified atom stereocenters. The lowest BCUT2D eigenvalue weighted by Gasteiger charge is -2.30. The first kappa shape index (κ1) is 59.6. The summed E-state index contributed by atoms with van der Waals surface area (Å²) in [4.78, 5) is 88.4. The van der Waals surface area contributed by atoms with Gasteiger partial charge in [-0.2, -0.15) is 4.31 Å². The van der Waals surface area contributed by atoms with Crippen LogP contribution in [0.25, 0.3) is 11.2 Å². The molecule has 68 heavy (non-hydrogen) atoms. The van der Waals surface area contributed by atoms with Gasteiger partial charge in [0.1, 0.15) is 36.3 Å². The number of hydrogen-bond acceptors (Lipinski definition) is 18. The number of thioether (sulfide) groups is 1. The summed E-state index contributed by atoms with van der Waals surface area (Å²) < 4.78 is 62.4. The lowest BCUT2D eigenvalue weighted by atomic mass is 9.87. The topological polar surface area (TPSA) is 364 Å². The Morgan fingerprint density at radius 1 is 0.926 bits per heavy atom. The zero-order valence-electron chi connectivity index (χ0n) is 39.0. The van der Waals surface area contributed by atoms with Gasteiger partial charge in [-0.3, -0.25) is 32.5 Å². The molecule has 388 valence electrons. The van der Waals surface area contributed by atoms with Crippen molar-refractivity contribution in [1.29, 1.82) is 0 Å². The number of aliphatic hydroxyl groups excluding tert-OH is 2. The smallest absolute Gasteiger partial charge is 0.386 e. The first-order valence-corrected chi connectivity index (χ1v) is 28.2. The van der Waals surface area contributed by atoms with E-state index in [4.69, 9.17) is 19.5 Å². The van der Waals surface area contributed by atoms with E-state index in [1.54, 1.807) is 0 Å². The van der Waals surface area contributed by atoms with Gasteiger partial charge in [0.15, 0.2) is 22.8 Å². The van der Waals surface area contributed by atoms with Crippen molar-refractivity contribution in [3.8, 4) is 0 Å². The molecular formula is C40H70N7O17P3S. The molecule has 10 N–H and O–H groups in total. The quantitative estimate of drug-likeness (QED) is 0.0254. The maximum Gasteiger partial charge on any atom is 0.481 e. The molecule has 28 heteroatoms. The summed E-state index contributed by atoms with van der Waals surface area (Å²) in [6.45, 7) is 5.14. The van der Waals surface area contributed by atoms with E-state index in [1.165, 1.54) is 46.0 Å². The third kappa shape index (κ3) is 21.7. The number of allylic oxidation sites excluding steroid dienone is 2. The van der Waals surface area contributed by atoms with Gasteiger partial charge < -0.3 is 50.9 Å². The lowest BCUT2D eigenvalue weighted by Crippen LogP contribution is -2.46. The van der Waals surface area contributed by atoms with Crippen molar-refractivity contribution in [2.75, 3.05) is 37.8 Å². The van der Waals surface area contributed by atoms with E-state index < -0.39 is 84.6 Å². The highest BCUT2D eigenvalue weighted by atomic mass is 32.2. The number of unbranched alkanes of at least 4 members (excludes halogenated alkanes) is 7. The highest BCUT2D eigenvalue weighted by Crippen LogP contribution is 2.61. The Morgan fingerprint density at radius 2 is 1.62 bits per heavy atom. The number of carbonyl (C=O) groups excluding carboxylic acids is 3. The number of phosphoric acid groups is 3. The number of phosphoric ester groups is 3. The number of nitrogens with zero attached hydrogens (tertiary/aromatic N) is 4. The molecule has 0 radical (unpaired) electrons. The Labute approximate surface area is 400 Å². The van der Waals surface area contributed by atoms with Gasteiger partial charge in [0.2, 0.25) is 11.8 Å². The Morgan fingerprint density at radius 3 is 2.34 bits per heavy atom. The molecule has 8 atom stereocenters. The number of nitrogens with two attached hydrogens (primary N) is 1. The number of aromatic nitrogens is 4. The van der Waals surface area contributed by atoms with E-state index in [2.05, 4.69) is 60.4 Å². The fourth-order valence-corrected chi connectivity index (χ4v) is 10.5. The molecule has 1 aliphatic rings. The van der Waals surface area contributed by atoms with E-state index in [1.807, 2.05) is 0 Å². The molecular weight excluding hydrogens is 975 g/mol. The number of amides is 2. The number of imidazole rings is 1. The molecule has 2 amide bonds. The summed E-state index contributed by atoms with van der Waals surface area (Å²) in [5, 5.41) is 26.7. The first-order chi connectivity index (χ1) is 31.9. The average molecular weight is 1050 g/mol. The largest absolute Gasteiger partial charge is 0.481 e. The van der Waals surface area contributed by atoms with Gasteiger partial charge in [0, 0.05) is 37.1 Å². The molecule has 0 aliphatic carbocycles. The summed E-state index contributed by atoms with van der Waals surface area (Å²) in [6.07, 6.45) is 12.1. The summed E-state index contributed by atoms with van der Waals surface area (Å²) in [5.74, 6) is -0.248. The highest BCUT2D eigenvalue weighted by molar-refractivity contribution is 8.13. The van der Waals surface area contributed by atoms with Crippen molar-refractivity contribution in [3.05, 3.63) is 24.8 Å². The predicted molar refractivity (Wildman–Crippen MR) is 251 cm³/mol. The SMILES string of the molecule is CCCCCC(C)CC/C=C\CCCCCCCC(=O)SCCNC(=O)CCNC(=O)[C@H](O)C(C)(C)COP(=O)(O)OP(=O)(O)OC[C@H]1O[C@@H](n2cnc3c(N)ncnc32)[C@H](O)[C@@H]1OP(=O)(O)O. The summed E-state index contributed by atoms with van der Waals surface area (Å²) in [6, 6.07) is 0. The number of fused-ring (bicyclic) bond motifs is 1. The van der Waals surface area contributed by atoms with E-state index in [0.29, 0.717) is 12.2 Å². The minimum atomic E-state index is -5.58. The van der Waals surface area contributed by atoms with Crippen LogP contribution in [0.5, 0.6) is 0 Å². The first-order valence-electron chi connectivity index (χ1n) is 22.6. The standard InChI is InChI=1S/C40H70N7O17P3S/c1-5-6-14-17-28(2)18-15-12-10-8-7-9-11-13-16-19-31(49)68-23-22-42-30(48)20-21-43-38(52)35(51)40(3,4)25-61-67(58,59)64-66(56,57)60-24-29-34(63-65(53,54)55)33(50)39(62-29)47-27-46-32-36(41)44-26-45-37(32)47/h10,12,26-29,33-35,39,50-51H,5-9,11,13-25H2,1-4H3,(H,42,48)(H,43,52)(H,56,57)(H,58,59)(H2,41,44,45)(H2,53,54,55)/b12-10-/t28?,29-,33-,34-,35+,39-/m1/s1. The fraction of sp³-hybridized carbons (Fsp3) is 0.750. The monoisotopic (exact) mass is 1050 g/mol. The number of hydrogen-bond donors (Lipinski definition) is 9. The van der Waals surface area contributed by atoms with Gasteiger partial charge in [0.05, 0.1) is 19.5 Å². The van der Waals surface area contributed by atoms with Crippen molar-refractivity contribution < 1.29 is 80.5 Å². The van der Waals surface area contributed by atoms with Crippen molar-refractivity contribution in [1.82, 2.24) is 30.2 Å². The van der Waals surface area contributed by atoms with E-state index in [-0.39, 0.29) is 41.6 Å². The maximum absolute atomic E-state index is 12.7. The van der Waals surface area contributed by atoms with Gasteiger partial charge in [-0.1, -0.05) is 96.6 Å². The van der Waals surface area contributed by atoms with Gasteiger partial charge in [-0.25, -0.2) is 28.6 Å². The van der Waals surface area contributed by atoms with Crippen molar-refractivity contribution >= 4 is 69.1 Å². The van der Waals surface area contributed by atoms with Crippen LogP contribution in [0.2, 0.25) is 0 Å². The molecule has 2 aromatic heterocycles. The van der Waals surface area contributed by atoms with E-state index >= 15 is 0 Å². The van der Waals surface area contributed by atoms with Crippen LogP contribution in [0.1, 0.15) is 124 Å². The molecule has 2 aromatic rings. The van der Waals surface area contributed by atoms with Crippen LogP contribution >= 0.6 is 35.2 Å². The molecule has 24 nitrogen and oxygen atoms in total. The highest BCUT2D eigenvalue weighted by Gasteiger charge is 2.50. The molecule has 0 spiro atoms. The Balaban J connectivity index is 1.30. The van der Waals surface area contributed by atoms with Gasteiger partial charge in [-0.05, 0) is 38.0 Å². The second-order valence-electron chi connectivity index (χ2n) is 17.2. The Hall–Kier alpha value is -2.70. The summed E-state index contributed by atoms with van der Waals surface area (Å²) in [5.41, 5.74) is 4.29. The summed E-state index contributed by atoms with van der Waals surface area (Å²) in [7, 11) is -16.4. The van der Waals surface area contributed by atoms with Crippen LogP contribution in [-0.4, -0.2) is 123 Å². The van der Waals surface area contributed by atoms with E-state index in [0.717, 1.165) is 79.8 Å². The molecule has 0 saturated carbocycles. The predicted octanol–water partition coefficient (Wildman–Crippen LogP) is 4.95. The number of nitrogen functional groups attached to an aromatic ring is 1. The van der Waals surface area contributed by atoms with Gasteiger partial charge >= 0.3 is 23.5 Å². The van der Waals surface area contributed by atoms with Crippen molar-refractivity contribution in [2.45, 2.75) is 148 Å². The maximum atomic E-state index is 12.7.